The Morgan fingerprint density at radius 2 is 1.68 bits per heavy atom. The van der Waals surface area contributed by atoms with Crippen LogP contribution in [0.1, 0.15) is 11.1 Å². The van der Waals surface area contributed by atoms with Crippen LogP contribution in [0.5, 0.6) is 0 Å². The van der Waals surface area contributed by atoms with Crippen molar-refractivity contribution in [2.75, 3.05) is 7.05 Å². The Balaban J connectivity index is 2.02. The number of rotatable bonds is 5. The SMILES string of the molecule is CNC(Cc1ccc(Br)cc1)Cc1cncc(Br)c1. The zero-order chi connectivity index (χ0) is 13.7. The van der Waals surface area contributed by atoms with E-state index >= 15 is 0 Å². The molecule has 4 heteroatoms. The van der Waals surface area contributed by atoms with Gasteiger partial charge in [-0.25, -0.2) is 0 Å². The number of benzene rings is 1. The summed E-state index contributed by atoms with van der Waals surface area (Å²) in [5.74, 6) is 0. The summed E-state index contributed by atoms with van der Waals surface area (Å²) in [7, 11) is 2.01. The molecule has 1 aromatic heterocycles. The predicted octanol–water partition coefficient (Wildman–Crippen LogP) is 3.98. The van der Waals surface area contributed by atoms with Gasteiger partial charge in [0.15, 0.2) is 0 Å². The highest BCUT2D eigenvalue weighted by molar-refractivity contribution is 9.10. The molecule has 0 aliphatic carbocycles. The van der Waals surface area contributed by atoms with E-state index in [2.05, 4.69) is 72.5 Å². The zero-order valence-electron chi connectivity index (χ0n) is 10.7. The van der Waals surface area contributed by atoms with Crippen molar-refractivity contribution in [3.8, 4) is 0 Å². The lowest BCUT2D eigenvalue weighted by Gasteiger charge is -2.16. The van der Waals surface area contributed by atoms with Crippen molar-refractivity contribution in [3.05, 3.63) is 62.8 Å². The minimum absolute atomic E-state index is 0.414. The number of nitrogens with zero attached hydrogens (tertiary/aromatic N) is 1. The van der Waals surface area contributed by atoms with Crippen LogP contribution in [0.3, 0.4) is 0 Å². The summed E-state index contributed by atoms with van der Waals surface area (Å²) in [6.07, 6.45) is 5.72. The van der Waals surface area contributed by atoms with Crippen LogP contribution in [0.2, 0.25) is 0 Å². The minimum Gasteiger partial charge on any atom is -0.316 e. The summed E-state index contributed by atoms with van der Waals surface area (Å²) in [6.45, 7) is 0. The molecule has 19 heavy (non-hydrogen) atoms. The third-order valence-electron chi connectivity index (χ3n) is 3.05. The van der Waals surface area contributed by atoms with Crippen LogP contribution in [0, 0.1) is 0 Å². The second-order valence-electron chi connectivity index (χ2n) is 4.53. The van der Waals surface area contributed by atoms with Gasteiger partial charge in [-0.3, -0.25) is 4.98 Å². The molecule has 0 aliphatic heterocycles. The van der Waals surface area contributed by atoms with Gasteiger partial charge in [0, 0.05) is 27.4 Å². The molecular weight excluding hydrogens is 368 g/mol. The molecule has 1 unspecified atom stereocenters. The Morgan fingerprint density at radius 3 is 2.32 bits per heavy atom. The lowest BCUT2D eigenvalue weighted by Crippen LogP contribution is -2.29. The van der Waals surface area contributed by atoms with Crippen LogP contribution in [0.15, 0.2) is 51.7 Å². The van der Waals surface area contributed by atoms with Crippen LogP contribution in [-0.2, 0) is 12.8 Å². The van der Waals surface area contributed by atoms with E-state index in [-0.39, 0.29) is 0 Å². The van der Waals surface area contributed by atoms with Gasteiger partial charge >= 0.3 is 0 Å². The molecule has 0 bridgehead atoms. The van der Waals surface area contributed by atoms with Crippen LogP contribution < -0.4 is 5.32 Å². The molecule has 0 saturated heterocycles. The highest BCUT2D eigenvalue weighted by Crippen LogP contribution is 2.15. The summed E-state index contributed by atoms with van der Waals surface area (Å²) >= 11 is 6.92. The fourth-order valence-electron chi connectivity index (χ4n) is 2.03. The molecule has 0 saturated carbocycles. The molecule has 100 valence electrons. The van der Waals surface area contributed by atoms with E-state index in [1.807, 2.05) is 19.4 Å². The molecule has 1 atom stereocenters. The first-order valence-electron chi connectivity index (χ1n) is 6.18. The largest absolute Gasteiger partial charge is 0.316 e. The Bertz CT molecular complexity index is 526. The van der Waals surface area contributed by atoms with Gasteiger partial charge in [0.25, 0.3) is 0 Å². The van der Waals surface area contributed by atoms with Crippen molar-refractivity contribution in [1.82, 2.24) is 10.3 Å². The maximum absolute atomic E-state index is 4.21. The van der Waals surface area contributed by atoms with Crippen LogP contribution in [-0.4, -0.2) is 18.1 Å². The number of aromatic nitrogens is 1. The van der Waals surface area contributed by atoms with Gasteiger partial charge in [0.05, 0.1) is 0 Å². The topological polar surface area (TPSA) is 24.9 Å². The Morgan fingerprint density at radius 1 is 1.00 bits per heavy atom. The van der Waals surface area contributed by atoms with Crippen LogP contribution in [0.25, 0.3) is 0 Å². The summed E-state index contributed by atoms with van der Waals surface area (Å²) in [5, 5.41) is 3.38. The van der Waals surface area contributed by atoms with Crippen molar-refractivity contribution in [1.29, 1.82) is 0 Å². The third kappa shape index (κ3) is 4.71. The summed E-state index contributed by atoms with van der Waals surface area (Å²) in [6, 6.07) is 11.0. The highest BCUT2D eigenvalue weighted by Gasteiger charge is 2.09. The highest BCUT2D eigenvalue weighted by atomic mass is 79.9. The molecule has 0 spiro atoms. The first kappa shape index (κ1) is 14.7. The van der Waals surface area contributed by atoms with Gasteiger partial charge in [0.1, 0.15) is 0 Å². The van der Waals surface area contributed by atoms with Gasteiger partial charge < -0.3 is 5.32 Å². The van der Waals surface area contributed by atoms with E-state index in [1.165, 1.54) is 11.1 Å². The Hall–Kier alpha value is -0.710. The van der Waals surface area contributed by atoms with E-state index < -0.39 is 0 Å². The average molecular weight is 384 g/mol. The molecule has 0 radical (unpaired) electrons. The Labute approximate surface area is 130 Å². The third-order valence-corrected chi connectivity index (χ3v) is 4.01. The molecular formula is C15H16Br2N2. The molecule has 0 fully saturated rings. The molecule has 2 rings (SSSR count). The lowest BCUT2D eigenvalue weighted by molar-refractivity contribution is 0.555. The number of nitrogens with one attached hydrogen (secondary N) is 1. The van der Waals surface area contributed by atoms with E-state index in [1.54, 1.807) is 0 Å². The summed E-state index contributed by atoms with van der Waals surface area (Å²) in [4.78, 5) is 4.21. The average Bonchev–Trinajstić information content (AvgIpc) is 2.40. The summed E-state index contributed by atoms with van der Waals surface area (Å²) in [5.41, 5.74) is 2.58. The van der Waals surface area contributed by atoms with Crippen molar-refractivity contribution in [3.63, 3.8) is 0 Å². The number of halogens is 2. The molecule has 0 aliphatic rings. The van der Waals surface area contributed by atoms with Crippen molar-refractivity contribution in [2.24, 2.45) is 0 Å². The number of hydrogen-bond acceptors (Lipinski definition) is 2. The predicted molar refractivity (Wildman–Crippen MR) is 86.3 cm³/mol. The van der Waals surface area contributed by atoms with Crippen molar-refractivity contribution < 1.29 is 0 Å². The molecule has 1 heterocycles. The van der Waals surface area contributed by atoms with E-state index in [4.69, 9.17) is 0 Å². The maximum atomic E-state index is 4.21. The monoisotopic (exact) mass is 382 g/mol. The van der Waals surface area contributed by atoms with Gasteiger partial charge in [-0.1, -0.05) is 28.1 Å². The fourth-order valence-corrected chi connectivity index (χ4v) is 2.71. The number of hydrogen-bond donors (Lipinski definition) is 1. The molecule has 1 aromatic carbocycles. The van der Waals surface area contributed by atoms with Gasteiger partial charge in [0.2, 0.25) is 0 Å². The molecule has 0 amide bonds. The second kappa shape index (κ2) is 7.17. The van der Waals surface area contributed by atoms with E-state index in [0.717, 1.165) is 21.8 Å². The molecule has 2 nitrogen and oxygen atoms in total. The first-order chi connectivity index (χ1) is 9.17. The summed E-state index contributed by atoms with van der Waals surface area (Å²) < 4.78 is 2.15. The number of pyridine rings is 1. The van der Waals surface area contributed by atoms with E-state index in [9.17, 15) is 0 Å². The smallest absolute Gasteiger partial charge is 0.0410 e. The molecule has 1 N–H and O–H groups in total. The Kier molecular flexibility index (Phi) is 5.55. The zero-order valence-corrected chi connectivity index (χ0v) is 13.9. The fraction of sp³-hybridized carbons (Fsp3) is 0.267. The van der Waals surface area contributed by atoms with Gasteiger partial charge in [-0.15, -0.1) is 0 Å². The van der Waals surface area contributed by atoms with E-state index in [0.29, 0.717) is 6.04 Å². The standard InChI is InChI=1S/C15H16Br2N2/c1-18-15(7-11-2-4-13(16)5-3-11)8-12-6-14(17)10-19-9-12/h2-6,9-10,15,18H,7-8H2,1H3. The quantitative estimate of drug-likeness (QED) is 0.844. The normalized spacial score (nSPS) is 12.4. The van der Waals surface area contributed by atoms with Gasteiger partial charge in [-0.2, -0.15) is 0 Å². The number of likely N-dealkylation sites (N-methyl/N-ethyl adjacent to an activating group) is 1. The minimum atomic E-state index is 0.414. The lowest BCUT2D eigenvalue weighted by atomic mass is 10.0. The van der Waals surface area contributed by atoms with Gasteiger partial charge in [-0.05, 0) is 65.1 Å². The maximum Gasteiger partial charge on any atom is 0.0410 e. The van der Waals surface area contributed by atoms with Crippen molar-refractivity contribution >= 4 is 31.9 Å². The van der Waals surface area contributed by atoms with Crippen LogP contribution >= 0.6 is 31.9 Å². The second-order valence-corrected chi connectivity index (χ2v) is 6.36. The van der Waals surface area contributed by atoms with Crippen molar-refractivity contribution in [2.45, 2.75) is 18.9 Å². The first-order valence-corrected chi connectivity index (χ1v) is 7.77. The molecule has 2 aromatic rings. The van der Waals surface area contributed by atoms with Crippen LogP contribution in [0.4, 0.5) is 0 Å².